The van der Waals surface area contributed by atoms with E-state index in [1.165, 1.54) is 6.07 Å². The fourth-order valence-corrected chi connectivity index (χ4v) is 2.31. The summed E-state index contributed by atoms with van der Waals surface area (Å²) in [5.74, 6) is 1.35. The van der Waals surface area contributed by atoms with Crippen LogP contribution in [0.5, 0.6) is 11.5 Å². The molecule has 2 aromatic carbocycles. The van der Waals surface area contributed by atoms with Gasteiger partial charge in [0.15, 0.2) is 11.5 Å². The zero-order valence-electron chi connectivity index (χ0n) is 14.2. The minimum absolute atomic E-state index is 0.0849. The fraction of sp³-hybridized carbons (Fsp3) is 0.100. The molecule has 0 fully saturated rings. The molecule has 0 aliphatic carbocycles. The lowest BCUT2D eigenvalue weighted by atomic mass is 10.2. The van der Waals surface area contributed by atoms with E-state index in [0.29, 0.717) is 28.4 Å². The molecule has 0 aliphatic heterocycles. The van der Waals surface area contributed by atoms with Gasteiger partial charge in [0.25, 0.3) is 0 Å². The van der Waals surface area contributed by atoms with Crippen molar-refractivity contribution in [1.29, 1.82) is 0 Å². The van der Waals surface area contributed by atoms with Gasteiger partial charge in [0.05, 0.1) is 13.3 Å². The van der Waals surface area contributed by atoms with Gasteiger partial charge in [-0.2, -0.15) is 5.10 Å². The van der Waals surface area contributed by atoms with Gasteiger partial charge in [0.2, 0.25) is 0 Å². The third-order valence-corrected chi connectivity index (χ3v) is 3.61. The molecule has 6 heteroatoms. The van der Waals surface area contributed by atoms with Gasteiger partial charge in [-0.25, -0.2) is 9.37 Å². The molecule has 0 unspecified atom stereocenters. The maximum atomic E-state index is 13.8. The topological polar surface area (TPSA) is 55.7 Å². The number of ether oxygens (including phenoxy) is 2. The second-order valence-corrected chi connectivity index (χ2v) is 5.34. The van der Waals surface area contributed by atoms with Crippen LogP contribution in [-0.2, 0) is 6.61 Å². The van der Waals surface area contributed by atoms with Crippen LogP contribution in [0.2, 0.25) is 0 Å². The molecule has 3 rings (SSSR count). The molecule has 0 atom stereocenters. The summed E-state index contributed by atoms with van der Waals surface area (Å²) < 4.78 is 25.0. The fourth-order valence-electron chi connectivity index (χ4n) is 2.31. The average molecular weight is 351 g/mol. The average Bonchev–Trinajstić information content (AvgIpc) is 2.68. The first-order chi connectivity index (χ1) is 12.8. The highest BCUT2D eigenvalue weighted by Crippen LogP contribution is 2.31. The highest BCUT2D eigenvalue weighted by atomic mass is 19.1. The Morgan fingerprint density at radius 1 is 1.08 bits per heavy atom. The standard InChI is InChI=1S/C20H18FN3O2/c1-25-18-10-6-8-15(13-23-24-19-11-4-5-12-22-19)20(18)26-14-16-7-2-3-9-17(16)21/h2-13H,14H2,1H3,(H,22,24). The van der Waals surface area contributed by atoms with E-state index in [-0.39, 0.29) is 12.4 Å². The molecule has 3 aromatic rings. The molecule has 5 nitrogen and oxygen atoms in total. The van der Waals surface area contributed by atoms with E-state index in [1.807, 2.05) is 24.3 Å². The van der Waals surface area contributed by atoms with Crippen molar-refractivity contribution in [3.05, 3.63) is 83.8 Å². The van der Waals surface area contributed by atoms with E-state index >= 15 is 0 Å². The molecule has 26 heavy (non-hydrogen) atoms. The molecule has 0 radical (unpaired) electrons. The lowest BCUT2D eigenvalue weighted by Gasteiger charge is -2.13. The number of hydrogen-bond donors (Lipinski definition) is 1. The molecule has 1 N–H and O–H groups in total. The summed E-state index contributed by atoms with van der Waals surface area (Å²) in [6.45, 7) is 0.0849. The number of hydrazone groups is 1. The highest BCUT2D eigenvalue weighted by molar-refractivity contribution is 5.85. The van der Waals surface area contributed by atoms with Gasteiger partial charge in [-0.3, -0.25) is 5.43 Å². The Morgan fingerprint density at radius 2 is 1.92 bits per heavy atom. The normalized spacial score (nSPS) is 10.7. The van der Waals surface area contributed by atoms with Crippen molar-refractivity contribution >= 4 is 12.0 Å². The first-order valence-corrected chi connectivity index (χ1v) is 8.01. The van der Waals surface area contributed by atoms with Crippen LogP contribution in [0.25, 0.3) is 0 Å². The van der Waals surface area contributed by atoms with Crippen molar-refractivity contribution in [3.8, 4) is 11.5 Å². The first-order valence-electron chi connectivity index (χ1n) is 8.01. The number of aromatic nitrogens is 1. The zero-order chi connectivity index (χ0) is 18.2. The van der Waals surface area contributed by atoms with E-state index < -0.39 is 0 Å². The van der Waals surface area contributed by atoms with Crippen LogP contribution < -0.4 is 14.9 Å². The van der Waals surface area contributed by atoms with Gasteiger partial charge in [0, 0.05) is 17.3 Å². The molecule has 0 bridgehead atoms. The molecular weight excluding hydrogens is 333 g/mol. The van der Waals surface area contributed by atoms with Crippen molar-refractivity contribution in [2.45, 2.75) is 6.61 Å². The number of anilines is 1. The van der Waals surface area contributed by atoms with Crippen LogP contribution in [0.4, 0.5) is 10.2 Å². The molecule has 0 saturated carbocycles. The van der Waals surface area contributed by atoms with Crippen LogP contribution in [0, 0.1) is 5.82 Å². The lowest BCUT2D eigenvalue weighted by molar-refractivity contribution is 0.279. The Hall–Kier alpha value is -3.41. The van der Waals surface area contributed by atoms with E-state index in [4.69, 9.17) is 9.47 Å². The monoisotopic (exact) mass is 351 g/mol. The summed E-state index contributed by atoms with van der Waals surface area (Å²) in [6.07, 6.45) is 3.28. The minimum Gasteiger partial charge on any atom is -0.493 e. The highest BCUT2D eigenvalue weighted by Gasteiger charge is 2.11. The quantitative estimate of drug-likeness (QED) is 0.511. The van der Waals surface area contributed by atoms with Crippen molar-refractivity contribution in [2.75, 3.05) is 12.5 Å². The Morgan fingerprint density at radius 3 is 2.69 bits per heavy atom. The summed E-state index contributed by atoms with van der Waals surface area (Å²) in [4.78, 5) is 4.13. The molecule has 0 aliphatic rings. The van der Waals surface area contributed by atoms with Gasteiger partial charge >= 0.3 is 0 Å². The number of nitrogens with zero attached hydrogens (tertiary/aromatic N) is 2. The van der Waals surface area contributed by atoms with Gasteiger partial charge in [0.1, 0.15) is 18.2 Å². The second kappa shape index (κ2) is 8.62. The van der Waals surface area contributed by atoms with Crippen LogP contribution in [-0.4, -0.2) is 18.3 Å². The molecule has 0 saturated heterocycles. The Labute approximate surface area is 151 Å². The largest absolute Gasteiger partial charge is 0.493 e. The third-order valence-electron chi connectivity index (χ3n) is 3.61. The van der Waals surface area contributed by atoms with Crippen LogP contribution >= 0.6 is 0 Å². The Balaban J connectivity index is 1.78. The van der Waals surface area contributed by atoms with E-state index in [9.17, 15) is 4.39 Å². The molecular formula is C20H18FN3O2. The number of pyridine rings is 1. The number of para-hydroxylation sites is 1. The van der Waals surface area contributed by atoms with Crippen molar-refractivity contribution in [3.63, 3.8) is 0 Å². The lowest BCUT2D eigenvalue weighted by Crippen LogP contribution is -2.03. The maximum Gasteiger partial charge on any atom is 0.170 e. The minimum atomic E-state index is -0.311. The van der Waals surface area contributed by atoms with E-state index in [2.05, 4.69) is 15.5 Å². The van der Waals surface area contributed by atoms with Gasteiger partial charge < -0.3 is 9.47 Å². The zero-order valence-corrected chi connectivity index (χ0v) is 14.2. The molecule has 132 valence electrons. The number of rotatable bonds is 7. The number of nitrogens with one attached hydrogen (secondary N) is 1. The van der Waals surface area contributed by atoms with Crippen LogP contribution in [0.15, 0.2) is 72.0 Å². The SMILES string of the molecule is COc1cccc(C=NNc2ccccn2)c1OCc1ccccc1F. The van der Waals surface area contributed by atoms with Crippen LogP contribution in [0.1, 0.15) is 11.1 Å². The summed E-state index contributed by atoms with van der Waals surface area (Å²) >= 11 is 0. The smallest absolute Gasteiger partial charge is 0.170 e. The van der Waals surface area contributed by atoms with Crippen molar-refractivity contribution < 1.29 is 13.9 Å². The summed E-state index contributed by atoms with van der Waals surface area (Å²) in [5, 5.41) is 4.17. The number of methoxy groups -OCH3 is 1. The number of halogens is 1. The first kappa shape index (κ1) is 17.4. The summed E-state index contributed by atoms with van der Waals surface area (Å²) in [7, 11) is 1.55. The molecule has 1 aromatic heterocycles. The molecule has 0 spiro atoms. The van der Waals surface area contributed by atoms with Crippen molar-refractivity contribution in [2.24, 2.45) is 5.10 Å². The Kier molecular flexibility index (Phi) is 5.77. The van der Waals surface area contributed by atoms with Crippen molar-refractivity contribution in [1.82, 2.24) is 4.98 Å². The predicted octanol–water partition coefficient (Wildman–Crippen LogP) is 4.25. The number of hydrogen-bond acceptors (Lipinski definition) is 5. The molecule has 0 amide bonds. The summed E-state index contributed by atoms with van der Waals surface area (Å²) in [5.41, 5.74) is 4.01. The van der Waals surface area contributed by atoms with Gasteiger partial charge in [-0.05, 0) is 30.3 Å². The van der Waals surface area contributed by atoms with Gasteiger partial charge in [-0.15, -0.1) is 0 Å². The van der Waals surface area contributed by atoms with Gasteiger partial charge in [-0.1, -0.05) is 30.3 Å². The van der Waals surface area contributed by atoms with E-state index in [0.717, 1.165) is 0 Å². The van der Waals surface area contributed by atoms with E-state index in [1.54, 1.807) is 49.9 Å². The third kappa shape index (κ3) is 4.36. The second-order valence-electron chi connectivity index (χ2n) is 5.34. The molecule has 1 heterocycles. The predicted molar refractivity (Wildman–Crippen MR) is 99.2 cm³/mol. The van der Waals surface area contributed by atoms with Crippen LogP contribution in [0.3, 0.4) is 0 Å². The maximum absolute atomic E-state index is 13.8. The Bertz CT molecular complexity index is 885. The summed E-state index contributed by atoms with van der Waals surface area (Å²) in [6, 6.07) is 17.4. The number of benzene rings is 2.